The Bertz CT molecular complexity index is 249. The normalized spacial score (nSPS) is 13.1. The van der Waals surface area contributed by atoms with E-state index in [0.717, 1.165) is 5.69 Å². The van der Waals surface area contributed by atoms with Gasteiger partial charge in [-0.1, -0.05) is 6.07 Å². The molecule has 0 radical (unpaired) electrons. The number of hydrogen-bond acceptors (Lipinski definition) is 3. The first-order valence-electron chi connectivity index (χ1n) is 4.94. The maximum atomic E-state index is 5.55. The van der Waals surface area contributed by atoms with Crippen LogP contribution in [0.4, 0.5) is 0 Å². The Morgan fingerprint density at radius 2 is 2.21 bits per heavy atom. The lowest BCUT2D eigenvalue weighted by Gasteiger charge is -2.17. The van der Waals surface area contributed by atoms with Crippen molar-refractivity contribution in [1.29, 1.82) is 0 Å². The Kier molecular flexibility index (Phi) is 4.56. The van der Waals surface area contributed by atoms with Crippen molar-refractivity contribution >= 4 is 0 Å². The molecule has 0 saturated heterocycles. The van der Waals surface area contributed by atoms with Gasteiger partial charge in [0.05, 0.1) is 24.4 Å². The van der Waals surface area contributed by atoms with E-state index in [1.54, 1.807) is 6.20 Å². The predicted molar refractivity (Wildman–Crippen MR) is 57.1 cm³/mol. The number of rotatable bonds is 5. The number of hydrogen-bond donors (Lipinski definition) is 1. The van der Waals surface area contributed by atoms with Crippen LogP contribution in [0.3, 0.4) is 0 Å². The van der Waals surface area contributed by atoms with Crippen molar-refractivity contribution in [1.82, 2.24) is 10.3 Å². The lowest BCUT2D eigenvalue weighted by Crippen LogP contribution is -2.24. The Labute approximate surface area is 85.5 Å². The molecule has 1 rings (SSSR count). The molecule has 1 N–H and O–H groups in total. The summed E-state index contributed by atoms with van der Waals surface area (Å²) < 4.78 is 5.55. The van der Waals surface area contributed by atoms with Crippen LogP contribution in [-0.4, -0.2) is 24.7 Å². The van der Waals surface area contributed by atoms with Gasteiger partial charge in [-0.25, -0.2) is 0 Å². The van der Waals surface area contributed by atoms with Crippen molar-refractivity contribution in [3.63, 3.8) is 0 Å². The molecule has 1 heterocycles. The highest BCUT2D eigenvalue weighted by Crippen LogP contribution is 2.09. The average Bonchev–Trinajstić information content (AvgIpc) is 2.20. The highest BCUT2D eigenvalue weighted by atomic mass is 16.5. The van der Waals surface area contributed by atoms with Crippen molar-refractivity contribution in [3.8, 4) is 0 Å². The quantitative estimate of drug-likeness (QED) is 0.775. The second-order valence-corrected chi connectivity index (χ2v) is 3.48. The van der Waals surface area contributed by atoms with Gasteiger partial charge in [0, 0.05) is 6.20 Å². The molecule has 0 aliphatic carbocycles. The second kappa shape index (κ2) is 5.73. The van der Waals surface area contributed by atoms with E-state index in [1.807, 2.05) is 39.1 Å². The van der Waals surface area contributed by atoms with Gasteiger partial charge in [-0.2, -0.15) is 0 Å². The zero-order valence-electron chi connectivity index (χ0n) is 9.03. The van der Waals surface area contributed by atoms with Gasteiger partial charge in [-0.05, 0) is 33.0 Å². The van der Waals surface area contributed by atoms with Crippen LogP contribution in [0.5, 0.6) is 0 Å². The number of aromatic nitrogens is 1. The molecule has 0 bridgehead atoms. The number of nitrogens with zero attached hydrogens (tertiary/aromatic N) is 1. The number of likely N-dealkylation sites (N-methyl/N-ethyl adjacent to an activating group) is 1. The number of ether oxygens (including phenoxy) is 1. The van der Waals surface area contributed by atoms with Crippen molar-refractivity contribution in [3.05, 3.63) is 30.1 Å². The zero-order chi connectivity index (χ0) is 10.4. The zero-order valence-corrected chi connectivity index (χ0v) is 9.03. The second-order valence-electron chi connectivity index (χ2n) is 3.48. The topological polar surface area (TPSA) is 34.1 Å². The van der Waals surface area contributed by atoms with E-state index >= 15 is 0 Å². The highest BCUT2D eigenvalue weighted by Gasteiger charge is 2.10. The van der Waals surface area contributed by atoms with Crippen LogP contribution in [-0.2, 0) is 4.74 Å². The SMILES string of the molecule is CNC(COC(C)C)c1ccccn1. The maximum Gasteiger partial charge on any atom is 0.0730 e. The fourth-order valence-corrected chi connectivity index (χ4v) is 1.19. The fraction of sp³-hybridized carbons (Fsp3) is 0.545. The monoisotopic (exact) mass is 194 g/mol. The molecule has 0 aliphatic heterocycles. The molecule has 14 heavy (non-hydrogen) atoms. The van der Waals surface area contributed by atoms with E-state index in [1.165, 1.54) is 0 Å². The van der Waals surface area contributed by atoms with Gasteiger partial charge in [-0.3, -0.25) is 4.98 Å². The van der Waals surface area contributed by atoms with Crippen LogP contribution >= 0.6 is 0 Å². The van der Waals surface area contributed by atoms with Gasteiger partial charge in [0.15, 0.2) is 0 Å². The number of pyridine rings is 1. The summed E-state index contributed by atoms with van der Waals surface area (Å²) in [6.45, 7) is 4.72. The van der Waals surface area contributed by atoms with Crippen molar-refractivity contribution in [2.75, 3.05) is 13.7 Å². The van der Waals surface area contributed by atoms with Crippen molar-refractivity contribution in [2.45, 2.75) is 26.0 Å². The van der Waals surface area contributed by atoms with E-state index < -0.39 is 0 Å². The molecule has 3 nitrogen and oxygen atoms in total. The van der Waals surface area contributed by atoms with Gasteiger partial charge in [-0.15, -0.1) is 0 Å². The molecule has 0 saturated carbocycles. The summed E-state index contributed by atoms with van der Waals surface area (Å²) in [5.41, 5.74) is 1.02. The molecule has 3 heteroatoms. The summed E-state index contributed by atoms with van der Waals surface area (Å²) in [5.74, 6) is 0. The van der Waals surface area contributed by atoms with E-state index in [9.17, 15) is 0 Å². The third-order valence-electron chi connectivity index (χ3n) is 1.99. The Morgan fingerprint density at radius 1 is 1.43 bits per heavy atom. The van der Waals surface area contributed by atoms with Gasteiger partial charge in [0.25, 0.3) is 0 Å². The minimum absolute atomic E-state index is 0.179. The van der Waals surface area contributed by atoms with E-state index in [2.05, 4.69) is 10.3 Å². The molecular weight excluding hydrogens is 176 g/mol. The lowest BCUT2D eigenvalue weighted by atomic mass is 10.2. The average molecular weight is 194 g/mol. The van der Waals surface area contributed by atoms with E-state index in [0.29, 0.717) is 6.61 Å². The summed E-state index contributed by atoms with van der Waals surface area (Å²) in [6, 6.07) is 6.09. The molecule has 0 aliphatic rings. The summed E-state index contributed by atoms with van der Waals surface area (Å²) >= 11 is 0. The summed E-state index contributed by atoms with van der Waals surface area (Å²) in [6.07, 6.45) is 2.06. The first kappa shape index (κ1) is 11.1. The van der Waals surface area contributed by atoms with E-state index in [-0.39, 0.29) is 12.1 Å². The van der Waals surface area contributed by atoms with Crippen LogP contribution in [0.25, 0.3) is 0 Å². The Balaban J connectivity index is 2.54. The highest BCUT2D eigenvalue weighted by molar-refractivity contribution is 5.08. The van der Waals surface area contributed by atoms with Crippen LogP contribution in [0.1, 0.15) is 25.6 Å². The molecular formula is C11H18N2O. The minimum atomic E-state index is 0.179. The Morgan fingerprint density at radius 3 is 2.71 bits per heavy atom. The maximum absolute atomic E-state index is 5.55. The van der Waals surface area contributed by atoms with Crippen LogP contribution in [0.2, 0.25) is 0 Å². The van der Waals surface area contributed by atoms with Crippen LogP contribution in [0.15, 0.2) is 24.4 Å². The smallest absolute Gasteiger partial charge is 0.0730 e. The van der Waals surface area contributed by atoms with Crippen molar-refractivity contribution < 1.29 is 4.74 Å². The molecule has 1 aromatic heterocycles. The molecule has 1 aromatic rings. The standard InChI is InChI=1S/C11H18N2O/c1-9(2)14-8-11(12-3)10-6-4-5-7-13-10/h4-7,9,11-12H,8H2,1-3H3. The Hall–Kier alpha value is -0.930. The number of nitrogens with one attached hydrogen (secondary N) is 1. The first-order valence-corrected chi connectivity index (χ1v) is 4.94. The molecule has 0 spiro atoms. The molecule has 1 unspecified atom stereocenters. The lowest BCUT2D eigenvalue weighted by molar-refractivity contribution is 0.0618. The molecule has 1 atom stereocenters. The van der Waals surface area contributed by atoms with Crippen LogP contribution in [0, 0.1) is 0 Å². The van der Waals surface area contributed by atoms with Gasteiger partial charge >= 0.3 is 0 Å². The molecule has 0 amide bonds. The minimum Gasteiger partial charge on any atom is -0.377 e. The third kappa shape index (κ3) is 3.44. The third-order valence-corrected chi connectivity index (χ3v) is 1.99. The van der Waals surface area contributed by atoms with Crippen LogP contribution < -0.4 is 5.32 Å². The summed E-state index contributed by atoms with van der Waals surface area (Å²) in [7, 11) is 1.92. The van der Waals surface area contributed by atoms with Gasteiger partial charge < -0.3 is 10.1 Å². The van der Waals surface area contributed by atoms with Gasteiger partial charge in [0.1, 0.15) is 0 Å². The fourth-order valence-electron chi connectivity index (χ4n) is 1.19. The largest absolute Gasteiger partial charge is 0.377 e. The summed E-state index contributed by atoms with van der Waals surface area (Å²) in [5, 5.41) is 3.19. The predicted octanol–water partition coefficient (Wildman–Crippen LogP) is 1.77. The first-order chi connectivity index (χ1) is 6.74. The van der Waals surface area contributed by atoms with E-state index in [4.69, 9.17) is 4.74 Å². The molecule has 0 fully saturated rings. The summed E-state index contributed by atoms with van der Waals surface area (Å²) in [4.78, 5) is 4.29. The molecule has 78 valence electrons. The van der Waals surface area contributed by atoms with Crippen molar-refractivity contribution in [2.24, 2.45) is 0 Å². The van der Waals surface area contributed by atoms with Gasteiger partial charge in [0.2, 0.25) is 0 Å². The molecule has 0 aromatic carbocycles.